The summed E-state index contributed by atoms with van der Waals surface area (Å²) in [4.78, 5) is 7.14. The molecule has 16 heavy (non-hydrogen) atoms. The monoisotopic (exact) mass is 246 g/mol. The lowest BCUT2D eigenvalue weighted by atomic mass is 10.4. The third-order valence-electron chi connectivity index (χ3n) is 1.74. The standard InChI is InChI=1S/C8H14N4O3S/c1-2-3-4-15-16(14)7-5(13)6(9)11-8(10)12-7/h13H,2-4H2,1H3,(H4,9,10,11,12). The quantitative estimate of drug-likeness (QED) is 0.500. The zero-order chi connectivity index (χ0) is 12.1. The van der Waals surface area contributed by atoms with Crippen LogP contribution in [0.2, 0.25) is 0 Å². The number of nitrogens with two attached hydrogens (primary N) is 2. The maximum absolute atomic E-state index is 11.6. The number of aromatic hydroxyl groups is 1. The Kier molecular flexibility index (Phi) is 4.44. The van der Waals surface area contributed by atoms with Crippen LogP contribution in [0.25, 0.3) is 0 Å². The number of rotatable bonds is 5. The van der Waals surface area contributed by atoms with Gasteiger partial charge >= 0.3 is 0 Å². The van der Waals surface area contributed by atoms with E-state index in [2.05, 4.69) is 9.97 Å². The van der Waals surface area contributed by atoms with Crippen molar-refractivity contribution >= 4 is 22.8 Å². The average Bonchev–Trinajstić information content (AvgIpc) is 2.23. The van der Waals surface area contributed by atoms with Crippen LogP contribution in [0.15, 0.2) is 5.03 Å². The van der Waals surface area contributed by atoms with E-state index in [1.807, 2.05) is 6.92 Å². The fourth-order valence-electron chi connectivity index (χ4n) is 0.919. The molecule has 5 N–H and O–H groups in total. The molecule has 0 bridgehead atoms. The Hall–Kier alpha value is -1.41. The molecular weight excluding hydrogens is 232 g/mol. The fourth-order valence-corrected chi connectivity index (χ4v) is 1.73. The number of anilines is 2. The van der Waals surface area contributed by atoms with Gasteiger partial charge in [-0.25, -0.2) is 4.21 Å². The first kappa shape index (κ1) is 12.7. The highest BCUT2D eigenvalue weighted by Gasteiger charge is 2.17. The number of nitrogen functional groups attached to an aromatic ring is 2. The summed E-state index contributed by atoms with van der Waals surface area (Å²) in [6.45, 7) is 2.29. The second-order valence-electron chi connectivity index (χ2n) is 3.03. The molecular formula is C8H14N4O3S. The molecule has 0 saturated heterocycles. The first-order valence-electron chi connectivity index (χ1n) is 4.73. The van der Waals surface area contributed by atoms with Crippen LogP contribution in [0.5, 0.6) is 5.75 Å². The summed E-state index contributed by atoms with van der Waals surface area (Å²) in [7, 11) is 0. The Morgan fingerprint density at radius 1 is 1.44 bits per heavy atom. The Morgan fingerprint density at radius 2 is 2.12 bits per heavy atom. The highest BCUT2D eigenvalue weighted by atomic mass is 32.2. The van der Waals surface area contributed by atoms with Gasteiger partial charge < -0.3 is 16.6 Å². The summed E-state index contributed by atoms with van der Waals surface area (Å²) in [6.07, 6.45) is 1.68. The maximum Gasteiger partial charge on any atom is 0.223 e. The number of aromatic nitrogens is 2. The predicted octanol–water partition coefficient (Wildman–Crippen LogP) is 0.186. The molecule has 90 valence electrons. The summed E-state index contributed by atoms with van der Waals surface area (Å²) in [6, 6.07) is 0. The molecule has 0 aliphatic rings. The van der Waals surface area contributed by atoms with E-state index >= 15 is 0 Å². The Labute approximate surface area is 95.5 Å². The molecule has 0 spiro atoms. The zero-order valence-corrected chi connectivity index (χ0v) is 9.66. The van der Waals surface area contributed by atoms with Crippen LogP contribution >= 0.6 is 0 Å². The minimum absolute atomic E-state index is 0.155. The van der Waals surface area contributed by atoms with Crippen molar-refractivity contribution in [3.63, 3.8) is 0 Å². The van der Waals surface area contributed by atoms with Crippen LogP contribution in [-0.2, 0) is 15.3 Å². The molecule has 1 rings (SSSR count). The van der Waals surface area contributed by atoms with Gasteiger partial charge in [-0.1, -0.05) is 13.3 Å². The van der Waals surface area contributed by atoms with Crippen molar-refractivity contribution in [3.8, 4) is 5.75 Å². The molecule has 7 nitrogen and oxygen atoms in total. The fraction of sp³-hybridized carbons (Fsp3) is 0.500. The molecule has 0 aromatic carbocycles. The number of hydrogen-bond donors (Lipinski definition) is 3. The van der Waals surface area contributed by atoms with Crippen LogP contribution in [-0.4, -0.2) is 25.9 Å². The first-order valence-corrected chi connectivity index (χ1v) is 5.80. The average molecular weight is 246 g/mol. The van der Waals surface area contributed by atoms with E-state index in [0.717, 1.165) is 12.8 Å². The van der Waals surface area contributed by atoms with Crippen LogP contribution in [0.3, 0.4) is 0 Å². The van der Waals surface area contributed by atoms with E-state index in [1.54, 1.807) is 0 Å². The van der Waals surface area contributed by atoms with Crippen molar-refractivity contribution in [1.29, 1.82) is 0 Å². The van der Waals surface area contributed by atoms with Crippen LogP contribution in [0.1, 0.15) is 19.8 Å². The summed E-state index contributed by atoms with van der Waals surface area (Å²) >= 11 is -1.88. The Bertz CT molecular complexity index is 399. The molecule has 1 heterocycles. The van der Waals surface area contributed by atoms with E-state index in [0.29, 0.717) is 6.61 Å². The SMILES string of the molecule is CCCCOS(=O)c1nc(N)nc(N)c1O. The molecule has 0 saturated carbocycles. The van der Waals surface area contributed by atoms with Gasteiger partial charge in [0.1, 0.15) is 0 Å². The lowest BCUT2D eigenvalue weighted by Crippen LogP contribution is -2.08. The van der Waals surface area contributed by atoms with Gasteiger partial charge in [-0.15, -0.1) is 0 Å². The van der Waals surface area contributed by atoms with Crippen molar-refractivity contribution in [2.45, 2.75) is 24.8 Å². The second-order valence-corrected chi connectivity index (χ2v) is 4.12. The van der Waals surface area contributed by atoms with Gasteiger partial charge in [0.2, 0.25) is 22.1 Å². The van der Waals surface area contributed by atoms with Crippen molar-refractivity contribution in [1.82, 2.24) is 9.97 Å². The number of unbranched alkanes of at least 4 members (excludes halogenated alkanes) is 1. The zero-order valence-electron chi connectivity index (χ0n) is 8.84. The minimum atomic E-state index is -1.88. The van der Waals surface area contributed by atoms with Gasteiger partial charge in [0.05, 0.1) is 6.61 Å². The number of hydrogen-bond acceptors (Lipinski definition) is 7. The van der Waals surface area contributed by atoms with E-state index < -0.39 is 16.8 Å². The lowest BCUT2D eigenvalue weighted by Gasteiger charge is -2.06. The van der Waals surface area contributed by atoms with Crippen molar-refractivity contribution in [2.75, 3.05) is 18.1 Å². The highest BCUT2D eigenvalue weighted by molar-refractivity contribution is 7.80. The predicted molar refractivity (Wildman–Crippen MR) is 59.8 cm³/mol. The summed E-state index contributed by atoms with van der Waals surface area (Å²) in [5.74, 6) is -0.822. The molecule has 0 fully saturated rings. The summed E-state index contributed by atoms with van der Waals surface area (Å²) < 4.78 is 16.5. The van der Waals surface area contributed by atoms with Crippen LogP contribution in [0, 0.1) is 0 Å². The molecule has 1 atom stereocenters. The van der Waals surface area contributed by atoms with E-state index in [9.17, 15) is 9.32 Å². The van der Waals surface area contributed by atoms with Gasteiger partial charge in [0.15, 0.2) is 11.6 Å². The van der Waals surface area contributed by atoms with Crippen molar-refractivity contribution < 1.29 is 13.5 Å². The van der Waals surface area contributed by atoms with Crippen LogP contribution < -0.4 is 11.5 Å². The molecule has 8 heteroatoms. The van der Waals surface area contributed by atoms with Gasteiger partial charge in [0.25, 0.3) is 0 Å². The maximum atomic E-state index is 11.6. The molecule has 1 unspecified atom stereocenters. The summed E-state index contributed by atoms with van der Waals surface area (Å²) in [5, 5.41) is 9.28. The van der Waals surface area contributed by atoms with Gasteiger partial charge in [-0.3, -0.25) is 4.18 Å². The first-order chi connectivity index (χ1) is 7.56. The molecule has 0 amide bonds. The second kappa shape index (κ2) is 5.61. The Balaban J connectivity index is 2.82. The summed E-state index contributed by atoms with van der Waals surface area (Å²) in [5.41, 5.74) is 10.7. The largest absolute Gasteiger partial charge is 0.502 e. The van der Waals surface area contributed by atoms with Gasteiger partial charge in [-0.2, -0.15) is 9.97 Å². The molecule has 0 radical (unpaired) electrons. The van der Waals surface area contributed by atoms with Crippen molar-refractivity contribution in [2.24, 2.45) is 0 Å². The Morgan fingerprint density at radius 3 is 2.75 bits per heavy atom. The molecule has 1 aromatic heterocycles. The third-order valence-corrected chi connectivity index (χ3v) is 2.72. The van der Waals surface area contributed by atoms with Crippen molar-refractivity contribution in [3.05, 3.63) is 0 Å². The van der Waals surface area contributed by atoms with E-state index in [1.165, 1.54) is 0 Å². The third kappa shape index (κ3) is 3.04. The normalized spacial score (nSPS) is 12.6. The van der Waals surface area contributed by atoms with E-state index in [4.69, 9.17) is 15.7 Å². The molecule has 1 aromatic rings. The lowest BCUT2D eigenvalue weighted by molar-refractivity contribution is 0.334. The van der Waals surface area contributed by atoms with Gasteiger partial charge in [-0.05, 0) is 6.42 Å². The van der Waals surface area contributed by atoms with E-state index in [-0.39, 0.29) is 16.8 Å². The number of nitrogens with zero attached hydrogens (tertiary/aromatic N) is 2. The van der Waals surface area contributed by atoms with Gasteiger partial charge in [0, 0.05) is 0 Å². The smallest absolute Gasteiger partial charge is 0.223 e. The molecule has 0 aliphatic heterocycles. The minimum Gasteiger partial charge on any atom is -0.502 e. The van der Waals surface area contributed by atoms with Crippen LogP contribution in [0.4, 0.5) is 11.8 Å². The molecule has 0 aliphatic carbocycles. The topological polar surface area (TPSA) is 124 Å². The highest BCUT2D eigenvalue weighted by Crippen LogP contribution is 2.25.